The Labute approximate surface area is 129 Å². The van der Waals surface area contributed by atoms with Gasteiger partial charge in [-0.2, -0.15) is 0 Å². The van der Waals surface area contributed by atoms with Crippen LogP contribution in [-0.4, -0.2) is 30.9 Å². The van der Waals surface area contributed by atoms with Gasteiger partial charge >= 0.3 is 0 Å². The fourth-order valence-corrected chi connectivity index (χ4v) is 2.73. The molecule has 120 valence electrons. The summed E-state index contributed by atoms with van der Waals surface area (Å²) in [4.78, 5) is 0. The first kappa shape index (κ1) is 18.0. The zero-order chi connectivity index (χ0) is 15.9. The fourth-order valence-electron chi connectivity index (χ4n) is 2.73. The molecule has 0 saturated heterocycles. The summed E-state index contributed by atoms with van der Waals surface area (Å²) in [6, 6.07) is 6.33. The van der Waals surface area contributed by atoms with Crippen molar-refractivity contribution >= 4 is 0 Å². The Morgan fingerprint density at radius 1 is 1.33 bits per heavy atom. The lowest BCUT2D eigenvalue weighted by molar-refractivity contribution is 0.145. The van der Waals surface area contributed by atoms with Crippen molar-refractivity contribution in [1.29, 1.82) is 0 Å². The van der Waals surface area contributed by atoms with Gasteiger partial charge in [0.2, 0.25) is 0 Å². The molecule has 3 heteroatoms. The van der Waals surface area contributed by atoms with Crippen molar-refractivity contribution in [2.75, 3.05) is 20.3 Å². The largest absolute Gasteiger partial charge is 0.494 e. The summed E-state index contributed by atoms with van der Waals surface area (Å²) >= 11 is 0. The average molecular weight is 293 g/mol. The van der Waals surface area contributed by atoms with Crippen molar-refractivity contribution in [3.8, 4) is 5.75 Å². The Morgan fingerprint density at radius 3 is 2.52 bits per heavy atom. The average Bonchev–Trinajstić information content (AvgIpc) is 2.48. The second-order valence-electron chi connectivity index (χ2n) is 6.17. The van der Waals surface area contributed by atoms with E-state index in [2.05, 4.69) is 51.2 Å². The molecular formula is C18H31NO2. The monoisotopic (exact) mass is 293 g/mol. The Kier molecular flexibility index (Phi) is 7.20. The highest BCUT2D eigenvalue weighted by molar-refractivity contribution is 5.36. The first-order chi connectivity index (χ1) is 9.98. The summed E-state index contributed by atoms with van der Waals surface area (Å²) in [5, 5.41) is 12.7. The highest BCUT2D eigenvalue weighted by atomic mass is 16.5. The molecule has 0 aromatic heterocycles. The van der Waals surface area contributed by atoms with E-state index in [0.717, 1.165) is 25.0 Å². The van der Waals surface area contributed by atoms with Crippen molar-refractivity contribution in [1.82, 2.24) is 5.32 Å². The van der Waals surface area contributed by atoms with Crippen molar-refractivity contribution in [3.05, 3.63) is 29.3 Å². The number of likely N-dealkylation sites (N-methyl/N-ethyl adjacent to an activating group) is 1. The van der Waals surface area contributed by atoms with Crippen molar-refractivity contribution in [2.45, 2.75) is 58.4 Å². The van der Waals surface area contributed by atoms with Gasteiger partial charge in [-0.05, 0) is 62.4 Å². The molecule has 0 aliphatic carbocycles. The standard InChI is InChI=1S/C18H31NO2/c1-6-18(13-20,19-5)10-7-11-21-16-8-9-17(14(2)3)15(4)12-16/h8-9,12,14,19-20H,6-7,10-11,13H2,1-5H3. The molecule has 0 radical (unpaired) electrons. The first-order valence-electron chi connectivity index (χ1n) is 8.01. The molecule has 1 unspecified atom stereocenters. The molecule has 0 spiro atoms. The molecular weight excluding hydrogens is 262 g/mol. The highest BCUT2D eigenvalue weighted by Crippen LogP contribution is 2.24. The second-order valence-corrected chi connectivity index (χ2v) is 6.17. The number of benzene rings is 1. The van der Waals surface area contributed by atoms with Gasteiger partial charge < -0.3 is 15.2 Å². The SMILES string of the molecule is CCC(CO)(CCCOc1ccc(C(C)C)c(C)c1)NC. The van der Waals surface area contributed by atoms with Gasteiger partial charge in [-0.3, -0.25) is 0 Å². The minimum Gasteiger partial charge on any atom is -0.494 e. The number of hydrogen-bond acceptors (Lipinski definition) is 3. The van der Waals surface area contributed by atoms with Crippen LogP contribution in [-0.2, 0) is 0 Å². The van der Waals surface area contributed by atoms with Crippen LogP contribution in [0.15, 0.2) is 18.2 Å². The van der Waals surface area contributed by atoms with E-state index in [1.165, 1.54) is 11.1 Å². The van der Waals surface area contributed by atoms with Crippen LogP contribution < -0.4 is 10.1 Å². The van der Waals surface area contributed by atoms with Crippen molar-refractivity contribution in [3.63, 3.8) is 0 Å². The molecule has 3 nitrogen and oxygen atoms in total. The lowest BCUT2D eigenvalue weighted by atomic mass is 9.92. The van der Waals surface area contributed by atoms with Crippen LogP contribution in [0, 0.1) is 6.92 Å². The third-order valence-electron chi connectivity index (χ3n) is 4.44. The molecule has 0 fully saturated rings. The number of aliphatic hydroxyl groups excluding tert-OH is 1. The number of rotatable bonds is 9. The van der Waals surface area contributed by atoms with Crippen LogP contribution in [0.3, 0.4) is 0 Å². The second kappa shape index (κ2) is 8.40. The van der Waals surface area contributed by atoms with E-state index in [1.54, 1.807) is 0 Å². The lowest BCUT2D eigenvalue weighted by Gasteiger charge is -2.30. The summed E-state index contributed by atoms with van der Waals surface area (Å²) < 4.78 is 5.84. The van der Waals surface area contributed by atoms with E-state index in [4.69, 9.17) is 4.74 Å². The van der Waals surface area contributed by atoms with Crippen LogP contribution >= 0.6 is 0 Å². The smallest absolute Gasteiger partial charge is 0.119 e. The Hall–Kier alpha value is -1.06. The number of hydrogen-bond donors (Lipinski definition) is 2. The molecule has 1 aromatic rings. The van der Waals surface area contributed by atoms with Gasteiger partial charge in [0.25, 0.3) is 0 Å². The van der Waals surface area contributed by atoms with Gasteiger partial charge in [0, 0.05) is 5.54 Å². The van der Waals surface area contributed by atoms with Crippen LogP contribution in [0.25, 0.3) is 0 Å². The summed E-state index contributed by atoms with van der Waals surface area (Å²) in [6.45, 7) is 9.50. The summed E-state index contributed by atoms with van der Waals surface area (Å²) in [6.07, 6.45) is 2.77. The van der Waals surface area contributed by atoms with Crippen LogP contribution in [0.2, 0.25) is 0 Å². The molecule has 0 aliphatic rings. The van der Waals surface area contributed by atoms with Gasteiger partial charge in [0.05, 0.1) is 13.2 Å². The minimum atomic E-state index is -0.166. The first-order valence-corrected chi connectivity index (χ1v) is 8.01. The predicted octanol–water partition coefficient (Wildman–Crippen LogP) is 3.64. The molecule has 0 amide bonds. The van der Waals surface area contributed by atoms with Gasteiger partial charge in [0.15, 0.2) is 0 Å². The van der Waals surface area contributed by atoms with Crippen molar-refractivity contribution in [2.24, 2.45) is 0 Å². The van der Waals surface area contributed by atoms with Gasteiger partial charge in [0.1, 0.15) is 5.75 Å². The maximum absolute atomic E-state index is 9.51. The minimum absolute atomic E-state index is 0.166. The zero-order valence-electron chi connectivity index (χ0n) is 14.2. The zero-order valence-corrected chi connectivity index (χ0v) is 14.2. The molecule has 0 saturated carbocycles. The number of ether oxygens (including phenoxy) is 1. The molecule has 1 atom stereocenters. The van der Waals surface area contributed by atoms with Gasteiger partial charge in [-0.15, -0.1) is 0 Å². The molecule has 0 heterocycles. The number of aryl methyl sites for hydroxylation is 1. The third-order valence-corrected chi connectivity index (χ3v) is 4.44. The maximum Gasteiger partial charge on any atom is 0.119 e. The van der Waals surface area contributed by atoms with Gasteiger partial charge in [-0.1, -0.05) is 26.8 Å². The lowest BCUT2D eigenvalue weighted by Crippen LogP contribution is -2.46. The Bertz CT molecular complexity index is 417. The molecule has 1 aromatic carbocycles. The van der Waals surface area contributed by atoms with E-state index in [1.807, 2.05) is 7.05 Å². The van der Waals surface area contributed by atoms with E-state index in [0.29, 0.717) is 12.5 Å². The highest BCUT2D eigenvalue weighted by Gasteiger charge is 2.24. The number of aliphatic hydroxyl groups is 1. The third kappa shape index (κ3) is 5.01. The summed E-state index contributed by atoms with van der Waals surface area (Å²) in [5.74, 6) is 1.48. The molecule has 1 rings (SSSR count). The quantitative estimate of drug-likeness (QED) is 0.683. The molecule has 21 heavy (non-hydrogen) atoms. The normalized spacial score (nSPS) is 14.2. The Balaban J connectivity index is 2.48. The predicted molar refractivity (Wildman–Crippen MR) is 89.2 cm³/mol. The number of nitrogens with one attached hydrogen (secondary N) is 1. The fraction of sp³-hybridized carbons (Fsp3) is 0.667. The van der Waals surface area contributed by atoms with Crippen LogP contribution in [0.4, 0.5) is 0 Å². The van der Waals surface area contributed by atoms with Crippen LogP contribution in [0.1, 0.15) is 57.1 Å². The summed E-state index contributed by atoms with van der Waals surface area (Å²) in [7, 11) is 1.91. The molecule has 0 bridgehead atoms. The van der Waals surface area contributed by atoms with E-state index < -0.39 is 0 Å². The van der Waals surface area contributed by atoms with E-state index in [-0.39, 0.29) is 12.1 Å². The molecule has 2 N–H and O–H groups in total. The van der Waals surface area contributed by atoms with E-state index >= 15 is 0 Å². The van der Waals surface area contributed by atoms with Crippen molar-refractivity contribution < 1.29 is 9.84 Å². The van der Waals surface area contributed by atoms with Crippen LogP contribution in [0.5, 0.6) is 5.75 Å². The van der Waals surface area contributed by atoms with Gasteiger partial charge in [-0.25, -0.2) is 0 Å². The summed E-state index contributed by atoms with van der Waals surface area (Å²) in [5.41, 5.74) is 2.50. The Morgan fingerprint density at radius 2 is 2.05 bits per heavy atom. The maximum atomic E-state index is 9.51. The molecule has 0 aliphatic heterocycles. The topological polar surface area (TPSA) is 41.5 Å². The van der Waals surface area contributed by atoms with E-state index in [9.17, 15) is 5.11 Å².